The van der Waals surface area contributed by atoms with Crippen LogP contribution in [0, 0.1) is 12.8 Å². The molecule has 0 amide bonds. The third-order valence-corrected chi connectivity index (χ3v) is 5.39. The SMILES string of the molecule is C=CCOC[C@@H](O)CN(Cc1c(-c2ccccc2)nn(C)c1Oc1ccc(C)cc1)CC(C)C. The van der Waals surface area contributed by atoms with E-state index in [2.05, 4.69) is 44.4 Å². The minimum absolute atomic E-state index is 0.270. The molecule has 0 aliphatic carbocycles. The lowest BCUT2D eigenvalue weighted by molar-refractivity contribution is 0.0222. The third-order valence-electron chi connectivity index (χ3n) is 5.39. The smallest absolute Gasteiger partial charge is 0.222 e. The van der Waals surface area contributed by atoms with Crippen LogP contribution in [0.4, 0.5) is 0 Å². The maximum Gasteiger partial charge on any atom is 0.222 e. The highest BCUT2D eigenvalue weighted by Gasteiger charge is 2.24. The van der Waals surface area contributed by atoms with E-state index in [-0.39, 0.29) is 6.61 Å². The topological polar surface area (TPSA) is 59.8 Å². The summed E-state index contributed by atoms with van der Waals surface area (Å²) < 4.78 is 13.6. The van der Waals surface area contributed by atoms with Gasteiger partial charge in [0, 0.05) is 32.2 Å². The van der Waals surface area contributed by atoms with Gasteiger partial charge in [-0.05, 0) is 25.0 Å². The van der Waals surface area contributed by atoms with Crippen LogP contribution in [0.15, 0.2) is 67.3 Å². The number of aryl methyl sites for hydroxylation is 2. The van der Waals surface area contributed by atoms with Gasteiger partial charge in [0.2, 0.25) is 5.88 Å². The summed E-state index contributed by atoms with van der Waals surface area (Å²) in [5.41, 5.74) is 4.09. The summed E-state index contributed by atoms with van der Waals surface area (Å²) in [6, 6.07) is 18.2. The molecule has 2 aromatic carbocycles. The van der Waals surface area contributed by atoms with E-state index < -0.39 is 6.10 Å². The van der Waals surface area contributed by atoms with E-state index in [4.69, 9.17) is 14.6 Å². The first-order chi connectivity index (χ1) is 16.4. The Morgan fingerprint density at radius 3 is 2.44 bits per heavy atom. The molecule has 0 aliphatic rings. The zero-order chi connectivity index (χ0) is 24.5. The fourth-order valence-corrected chi connectivity index (χ4v) is 3.95. The van der Waals surface area contributed by atoms with Gasteiger partial charge in [-0.15, -0.1) is 6.58 Å². The van der Waals surface area contributed by atoms with E-state index >= 15 is 0 Å². The minimum Gasteiger partial charge on any atom is -0.439 e. The van der Waals surface area contributed by atoms with E-state index in [9.17, 15) is 5.11 Å². The van der Waals surface area contributed by atoms with E-state index in [1.54, 1.807) is 10.8 Å². The van der Waals surface area contributed by atoms with Gasteiger partial charge >= 0.3 is 0 Å². The van der Waals surface area contributed by atoms with Crippen molar-refractivity contribution >= 4 is 0 Å². The van der Waals surface area contributed by atoms with Gasteiger partial charge in [0.05, 0.1) is 24.9 Å². The summed E-state index contributed by atoms with van der Waals surface area (Å²) in [6.07, 6.45) is 1.09. The van der Waals surface area contributed by atoms with Gasteiger partial charge < -0.3 is 14.6 Å². The van der Waals surface area contributed by atoms with Crippen molar-refractivity contribution in [3.63, 3.8) is 0 Å². The van der Waals surface area contributed by atoms with Gasteiger partial charge in [-0.3, -0.25) is 4.90 Å². The lowest BCUT2D eigenvalue weighted by Crippen LogP contribution is -2.37. The third kappa shape index (κ3) is 7.29. The molecule has 6 nitrogen and oxygen atoms in total. The van der Waals surface area contributed by atoms with Gasteiger partial charge in [0.1, 0.15) is 11.4 Å². The molecule has 0 radical (unpaired) electrons. The number of rotatable bonds is 13. The molecule has 3 rings (SSSR count). The van der Waals surface area contributed by atoms with Crippen molar-refractivity contribution in [1.82, 2.24) is 14.7 Å². The van der Waals surface area contributed by atoms with Crippen LogP contribution < -0.4 is 4.74 Å². The second-order valence-electron chi connectivity index (χ2n) is 9.10. The average Bonchev–Trinajstić information content (AvgIpc) is 3.10. The van der Waals surface area contributed by atoms with E-state index in [1.807, 2.05) is 49.5 Å². The van der Waals surface area contributed by atoms with Gasteiger partial charge in [-0.25, -0.2) is 4.68 Å². The van der Waals surface area contributed by atoms with Crippen molar-refractivity contribution in [2.45, 2.75) is 33.4 Å². The second-order valence-corrected chi connectivity index (χ2v) is 9.10. The van der Waals surface area contributed by atoms with E-state index in [0.717, 1.165) is 29.1 Å². The summed E-state index contributed by atoms with van der Waals surface area (Å²) >= 11 is 0. The fourth-order valence-electron chi connectivity index (χ4n) is 3.95. The van der Waals surface area contributed by atoms with Crippen LogP contribution in [0.5, 0.6) is 11.6 Å². The average molecular weight is 464 g/mol. The molecule has 1 N–H and O–H groups in total. The summed E-state index contributed by atoms with van der Waals surface area (Å²) in [5.74, 6) is 1.90. The molecule has 0 spiro atoms. The Labute approximate surface area is 203 Å². The molecule has 0 bridgehead atoms. The van der Waals surface area contributed by atoms with Crippen LogP contribution >= 0.6 is 0 Å². The first-order valence-corrected chi connectivity index (χ1v) is 11.8. The van der Waals surface area contributed by atoms with Crippen LogP contribution in [0.1, 0.15) is 25.0 Å². The summed E-state index contributed by atoms with van der Waals surface area (Å²) in [5, 5.41) is 15.4. The lowest BCUT2D eigenvalue weighted by Gasteiger charge is -2.27. The first kappa shape index (κ1) is 25.7. The molecule has 6 heteroatoms. The molecular formula is C28H37N3O3. The maximum absolute atomic E-state index is 10.6. The highest BCUT2D eigenvalue weighted by atomic mass is 16.5. The standard InChI is InChI=1S/C28H37N3O3/c1-6-16-33-20-24(32)18-31(17-21(2)3)19-26-27(23-10-8-7-9-11-23)29-30(5)28(26)34-25-14-12-22(4)13-15-25/h6-15,21,24,32H,1,16-20H2,2-5H3/t24-/m0/s1. The van der Waals surface area contributed by atoms with Gasteiger partial charge in [-0.2, -0.15) is 5.10 Å². The molecule has 3 aromatic rings. The number of aliphatic hydroxyl groups is 1. The van der Waals surface area contributed by atoms with Gasteiger partial charge in [0.15, 0.2) is 0 Å². The molecule has 182 valence electrons. The van der Waals surface area contributed by atoms with Gasteiger partial charge in [-0.1, -0.05) is 68.0 Å². The number of ether oxygens (including phenoxy) is 2. The Kier molecular flexibility index (Phi) is 9.45. The number of hydrogen-bond donors (Lipinski definition) is 1. The Morgan fingerprint density at radius 1 is 1.09 bits per heavy atom. The molecule has 0 aliphatic heterocycles. The van der Waals surface area contributed by atoms with Crippen molar-refractivity contribution < 1.29 is 14.6 Å². The molecular weight excluding hydrogens is 426 g/mol. The van der Waals surface area contributed by atoms with Crippen molar-refractivity contribution in [3.05, 3.63) is 78.4 Å². The predicted octanol–water partition coefficient (Wildman–Crippen LogP) is 5.21. The minimum atomic E-state index is -0.600. The van der Waals surface area contributed by atoms with Crippen molar-refractivity contribution in [2.24, 2.45) is 13.0 Å². The zero-order valence-electron chi connectivity index (χ0n) is 20.8. The fraction of sp³-hybridized carbons (Fsp3) is 0.393. The van der Waals surface area contributed by atoms with Crippen LogP contribution in [-0.4, -0.2) is 52.2 Å². The van der Waals surface area contributed by atoms with Crippen LogP contribution in [0.3, 0.4) is 0 Å². The van der Waals surface area contributed by atoms with Crippen molar-refractivity contribution in [1.29, 1.82) is 0 Å². The quantitative estimate of drug-likeness (QED) is 0.279. The normalized spacial score (nSPS) is 12.3. The highest BCUT2D eigenvalue weighted by molar-refractivity contribution is 5.65. The zero-order valence-corrected chi connectivity index (χ0v) is 20.8. The van der Waals surface area contributed by atoms with Gasteiger partial charge in [0.25, 0.3) is 0 Å². The molecule has 1 heterocycles. The second kappa shape index (κ2) is 12.5. The Bertz CT molecular complexity index is 1030. The molecule has 0 saturated heterocycles. The molecule has 1 atom stereocenters. The first-order valence-electron chi connectivity index (χ1n) is 11.8. The van der Waals surface area contributed by atoms with Crippen molar-refractivity contribution in [3.8, 4) is 22.9 Å². The summed E-state index contributed by atoms with van der Waals surface area (Å²) in [6.45, 7) is 12.7. The van der Waals surface area contributed by atoms with Crippen LogP contribution in [0.25, 0.3) is 11.3 Å². The van der Waals surface area contributed by atoms with Crippen LogP contribution in [0.2, 0.25) is 0 Å². The molecule has 1 aromatic heterocycles. The van der Waals surface area contributed by atoms with E-state index in [0.29, 0.717) is 31.5 Å². The summed E-state index contributed by atoms with van der Waals surface area (Å²) in [7, 11) is 1.91. The predicted molar refractivity (Wildman–Crippen MR) is 137 cm³/mol. The molecule has 0 saturated carbocycles. The Hall–Kier alpha value is -2.93. The van der Waals surface area contributed by atoms with E-state index in [1.165, 1.54) is 5.56 Å². The summed E-state index contributed by atoms with van der Waals surface area (Å²) in [4.78, 5) is 2.25. The number of aromatic nitrogens is 2. The monoisotopic (exact) mass is 463 g/mol. The number of benzene rings is 2. The van der Waals surface area contributed by atoms with Crippen molar-refractivity contribution in [2.75, 3.05) is 26.3 Å². The Morgan fingerprint density at radius 2 is 1.79 bits per heavy atom. The van der Waals surface area contributed by atoms with Crippen LogP contribution in [-0.2, 0) is 18.3 Å². The number of aliphatic hydroxyl groups excluding tert-OH is 1. The maximum atomic E-state index is 10.6. The molecule has 0 fully saturated rings. The molecule has 0 unspecified atom stereocenters. The Balaban J connectivity index is 1.94. The largest absolute Gasteiger partial charge is 0.439 e. The number of hydrogen-bond acceptors (Lipinski definition) is 5. The lowest BCUT2D eigenvalue weighted by atomic mass is 10.1. The highest BCUT2D eigenvalue weighted by Crippen LogP contribution is 2.34. The molecule has 34 heavy (non-hydrogen) atoms. The number of nitrogens with zero attached hydrogens (tertiary/aromatic N) is 3.